The maximum Gasteiger partial charge on any atom is 0.329 e. The van der Waals surface area contributed by atoms with Crippen molar-refractivity contribution in [3.63, 3.8) is 0 Å². The highest BCUT2D eigenvalue weighted by atomic mass is 16.6. The van der Waals surface area contributed by atoms with Gasteiger partial charge >= 0.3 is 23.9 Å². The molecule has 0 radical (unpaired) electrons. The summed E-state index contributed by atoms with van der Waals surface area (Å²) >= 11 is 0. The predicted octanol–water partition coefficient (Wildman–Crippen LogP) is 5.10. The largest absolute Gasteiger partial charge is 0.460 e. The van der Waals surface area contributed by atoms with E-state index in [4.69, 9.17) is 19.9 Å². The lowest BCUT2D eigenvalue weighted by atomic mass is 10.1. The third-order valence-corrected chi connectivity index (χ3v) is 8.07. The number of amides is 3. The van der Waals surface area contributed by atoms with Crippen LogP contribution in [0.1, 0.15) is 125 Å². The first-order valence-electron chi connectivity index (χ1n) is 19.9. The van der Waals surface area contributed by atoms with Crippen molar-refractivity contribution in [1.29, 1.82) is 0 Å². The molecule has 2 rings (SSSR count). The molecule has 2 heterocycles. The van der Waals surface area contributed by atoms with Gasteiger partial charge in [-0.25, -0.2) is 14.4 Å². The van der Waals surface area contributed by atoms with Crippen molar-refractivity contribution < 1.29 is 38.2 Å². The molecule has 15 nitrogen and oxygen atoms in total. The number of esters is 3. The molecular weight excluding hydrogens is 731 g/mol. The van der Waals surface area contributed by atoms with Crippen LogP contribution in [0.2, 0.25) is 0 Å². The van der Waals surface area contributed by atoms with Crippen molar-refractivity contribution >= 4 is 29.8 Å². The van der Waals surface area contributed by atoms with Crippen LogP contribution < -0.4 is 21.7 Å². The Morgan fingerprint density at radius 3 is 1.63 bits per heavy atom. The fourth-order valence-corrected chi connectivity index (χ4v) is 5.56. The summed E-state index contributed by atoms with van der Waals surface area (Å²) in [5, 5.41) is 8.07. The average Bonchev–Trinajstić information content (AvgIpc) is 3.09. The molecule has 0 aromatic carbocycles. The zero-order chi connectivity index (χ0) is 42.6. The number of urea groups is 1. The van der Waals surface area contributed by atoms with Crippen LogP contribution >= 0.6 is 0 Å². The molecule has 2 aromatic rings. The Balaban J connectivity index is 1.88. The molecule has 0 saturated heterocycles. The summed E-state index contributed by atoms with van der Waals surface area (Å²) in [6, 6.07) is 8.01. The van der Waals surface area contributed by atoms with Gasteiger partial charge < -0.3 is 35.9 Å². The molecule has 0 unspecified atom stereocenters. The molecule has 0 fully saturated rings. The molecular formula is C42H67N7O8. The molecule has 5 N–H and O–H groups in total. The summed E-state index contributed by atoms with van der Waals surface area (Å²) < 4.78 is 16.4. The van der Waals surface area contributed by atoms with Crippen LogP contribution in [-0.4, -0.2) is 92.7 Å². The van der Waals surface area contributed by atoms with Crippen molar-refractivity contribution in [2.45, 2.75) is 162 Å². The smallest absolute Gasteiger partial charge is 0.329 e. The fraction of sp³-hybridized carbons (Fsp3) is 0.643. The molecule has 15 heteroatoms. The van der Waals surface area contributed by atoms with Gasteiger partial charge in [0, 0.05) is 38.4 Å². The van der Waals surface area contributed by atoms with Gasteiger partial charge in [0.2, 0.25) is 5.91 Å². The lowest BCUT2D eigenvalue weighted by molar-refractivity contribution is -0.159. The zero-order valence-corrected chi connectivity index (χ0v) is 35.5. The number of pyridine rings is 2. The van der Waals surface area contributed by atoms with E-state index in [1.165, 1.54) is 0 Å². The monoisotopic (exact) mass is 798 g/mol. The minimum absolute atomic E-state index is 0.0768. The van der Waals surface area contributed by atoms with Crippen LogP contribution in [0.15, 0.2) is 48.8 Å². The summed E-state index contributed by atoms with van der Waals surface area (Å²) in [4.78, 5) is 75.8. The second kappa shape index (κ2) is 23.6. The van der Waals surface area contributed by atoms with E-state index in [0.717, 1.165) is 30.8 Å². The summed E-state index contributed by atoms with van der Waals surface area (Å²) in [6.07, 6.45) is 6.63. The van der Waals surface area contributed by atoms with E-state index in [2.05, 4.69) is 30.8 Å². The number of hydrogen-bond acceptors (Lipinski definition) is 12. The highest BCUT2D eigenvalue weighted by Gasteiger charge is 2.31. The fourth-order valence-electron chi connectivity index (χ4n) is 5.56. The van der Waals surface area contributed by atoms with Gasteiger partial charge in [0.15, 0.2) is 0 Å². The van der Waals surface area contributed by atoms with E-state index < -0.39 is 58.9 Å². The third-order valence-electron chi connectivity index (χ3n) is 8.07. The van der Waals surface area contributed by atoms with Gasteiger partial charge in [-0.05, 0) is 132 Å². The van der Waals surface area contributed by atoms with E-state index >= 15 is 0 Å². The number of nitrogens with two attached hydrogens (primary N) is 1. The molecule has 0 saturated carbocycles. The molecule has 57 heavy (non-hydrogen) atoms. The van der Waals surface area contributed by atoms with Gasteiger partial charge in [0.05, 0.1) is 17.4 Å². The summed E-state index contributed by atoms with van der Waals surface area (Å²) in [7, 11) is 0. The maximum atomic E-state index is 13.2. The SMILES string of the molecule is CC(C)(C)OC(=O)CC[C@H](NC(=O)N[C@@H](CCCCNC(=O)[C@@H](N)CCCCN(Cc1ccccn1)Cc1ccccn1)C(=O)OC(C)(C)C)C(=O)OC(C)(C)C. The highest BCUT2D eigenvalue weighted by Crippen LogP contribution is 2.16. The lowest BCUT2D eigenvalue weighted by Crippen LogP contribution is -2.53. The minimum Gasteiger partial charge on any atom is -0.460 e. The average molecular weight is 798 g/mol. The Morgan fingerprint density at radius 2 is 1.16 bits per heavy atom. The Morgan fingerprint density at radius 1 is 0.667 bits per heavy atom. The number of carbonyl (C=O) groups is 5. The topological polar surface area (TPSA) is 204 Å². The van der Waals surface area contributed by atoms with Crippen LogP contribution in [0.5, 0.6) is 0 Å². The van der Waals surface area contributed by atoms with Gasteiger partial charge in [-0.15, -0.1) is 0 Å². The van der Waals surface area contributed by atoms with Crippen molar-refractivity contribution in [2.75, 3.05) is 13.1 Å². The normalized spacial score (nSPS) is 13.5. The summed E-state index contributed by atoms with van der Waals surface area (Å²) in [5.41, 5.74) is 5.80. The van der Waals surface area contributed by atoms with Crippen LogP contribution in [0.25, 0.3) is 0 Å². The van der Waals surface area contributed by atoms with Crippen LogP contribution in [-0.2, 0) is 46.5 Å². The Labute approximate surface area is 339 Å². The van der Waals surface area contributed by atoms with Crippen molar-refractivity contribution in [2.24, 2.45) is 5.73 Å². The maximum absolute atomic E-state index is 13.2. The summed E-state index contributed by atoms with van der Waals surface area (Å²) in [5.74, 6) is -2.17. The first kappa shape index (κ1) is 48.5. The van der Waals surface area contributed by atoms with Gasteiger partial charge in [-0.3, -0.25) is 24.5 Å². The Hall–Kier alpha value is -4.63. The number of hydrogen-bond donors (Lipinski definition) is 4. The number of nitrogens with zero attached hydrogens (tertiary/aromatic N) is 3. The molecule has 0 bridgehead atoms. The van der Waals surface area contributed by atoms with E-state index in [9.17, 15) is 24.0 Å². The second-order valence-corrected chi connectivity index (χ2v) is 17.2. The van der Waals surface area contributed by atoms with Crippen molar-refractivity contribution in [3.05, 3.63) is 60.2 Å². The highest BCUT2D eigenvalue weighted by molar-refractivity contribution is 5.87. The first-order chi connectivity index (χ1) is 26.6. The first-order valence-corrected chi connectivity index (χ1v) is 19.9. The molecule has 3 atom stereocenters. The number of rotatable bonds is 22. The van der Waals surface area contributed by atoms with Crippen LogP contribution in [0, 0.1) is 0 Å². The number of carbonyl (C=O) groups excluding carboxylic acids is 5. The second-order valence-electron chi connectivity index (χ2n) is 17.2. The number of aromatic nitrogens is 2. The number of nitrogens with one attached hydrogen (secondary N) is 3. The number of unbranched alkanes of at least 4 members (excludes halogenated alkanes) is 2. The van der Waals surface area contributed by atoms with Gasteiger partial charge in [-0.2, -0.15) is 0 Å². The Bertz CT molecular complexity index is 1500. The summed E-state index contributed by atoms with van der Waals surface area (Å²) in [6.45, 7) is 17.9. The zero-order valence-electron chi connectivity index (χ0n) is 35.5. The quantitative estimate of drug-likeness (QED) is 0.0698. The van der Waals surface area contributed by atoms with E-state index in [1.54, 1.807) is 74.7 Å². The molecule has 0 spiro atoms. The van der Waals surface area contributed by atoms with Crippen LogP contribution in [0.4, 0.5) is 4.79 Å². The van der Waals surface area contributed by atoms with Gasteiger partial charge in [0.25, 0.3) is 0 Å². The molecule has 2 aromatic heterocycles. The molecule has 3 amide bonds. The van der Waals surface area contributed by atoms with Gasteiger partial charge in [-0.1, -0.05) is 18.6 Å². The van der Waals surface area contributed by atoms with Crippen LogP contribution in [0.3, 0.4) is 0 Å². The van der Waals surface area contributed by atoms with E-state index in [-0.39, 0.29) is 25.2 Å². The van der Waals surface area contributed by atoms with E-state index in [1.807, 2.05) is 36.4 Å². The molecule has 0 aliphatic carbocycles. The minimum atomic E-state index is -1.19. The number of ether oxygens (including phenoxy) is 3. The van der Waals surface area contributed by atoms with E-state index in [0.29, 0.717) is 38.9 Å². The molecule has 0 aliphatic heterocycles. The molecule has 0 aliphatic rings. The Kier molecular flexibility index (Phi) is 20.1. The third kappa shape index (κ3) is 22.6. The van der Waals surface area contributed by atoms with Crippen molar-refractivity contribution in [1.82, 2.24) is 30.8 Å². The lowest BCUT2D eigenvalue weighted by Gasteiger charge is -2.27. The van der Waals surface area contributed by atoms with Gasteiger partial charge in [0.1, 0.15) is 28.9 Å². The standard InChI is InChI=1S/C42H67N7O8/c1-40(2,3)55-35(50)23-22-34(38(53)57-42(7,8)9)48-39(54)47-33(37(52)56-41(4,5)6)21-12-16-26-46-36(51)32(43)20-13-17-27-49(28-30-18-10-14-24-44-30)29-31-19-11-15-25-45-31/h10-11,14-15,18-19,24-25,32-34H,12-13,16-17,20-23,26-29,43H2,1-9H3,(H,46,51)(H2,47,48,54)/t32-,33-,34-/m0/s1. The molecule has 318 valence electrons. The predicted molar refractivity (Wildman–Crippen MR) is 217 cm³/mol. The van der Waals surface area contributed by atoms with Crippen molar-refractivity contribution in [3.8, 4) is 0 Å².